The minimum absolute atomic E-state index is 0.0765. The van der Waals surface area contributed by atoms with E-state index in [0.717, 1.165) is 5.69 Å². The maximum Gasteiger partial charge on any atom is 0.234 e. The summed E-state index contributed by atoms with van der Waals surface area (Å²) in [6.45, 7) is 1.35. The molecule has 4 rings (SSSR count). The molecule has 2 heterocycles. The van der Waals surface area contributed by atoms with E-state index in [2.05, 4.69) is 31.1 Å². The van der Waals surface area contributed by atoms with Crippen molar-refractivity contribution in [3.05, 3.63) is 59.6 Å². The maximum absolute atomic E-state index is 12.4. The van der Waals surface area contributed by atoms with E-state index in [9.17, 15) is 9.59 Å². The predicted molar refractivity (Wildman–Crippen MR) is 120 cm³/mol. The molecular weight excluding hydrogens is 454 g/mol. The molecule has 0 atom stereocenters. The predicted octanol–water partition coefficient (Wildman–Crippen LogP) is 3.66. The second-order valence-electron chi connectivity index (χ2n) is 6.47. The smallest absolute Gasteiger partial charge is 0.234 e. The van der Waals surface area contributed by atoms with Crippen LogP contribution in [0.15, 0.2) is 64.4 Å². The second kappa shape index (κ2) is 9.62. The Morgan fingerprint density at radius 2 is 1.88 bits per heavy atom. The summed E-state index contributed by atoms with van der Waals surface area (Å²) in [7, 11) is 0. The Morgan fingerprint density at radius 1 is 1.06 bits per heavy atom. The van der Waals surface area contributed by atoms with Gasteiger partial charge in [0.15, 0.2) is 16.7 Å². The van der Waals surface area contributed by atoms with Crippen LogP contribution in [0.4, 0.5) is 11.5 Å². The van der Waals surface area contributed by atoms with E-state index >= 15 is 0 Å². The number of hydrogen-bond acceptors (Lipinski definition) is 8. The van der Waals surface area contributed by atoms with Crippen LogP contribution in [0.2, 0.25) is 5.02 Å². The third-order valence-corrected chi connectivity index (χ3v) is 5.25. The summed E-state index contributed by atoms with van der Waals surface area (Å²) >= 11 is 7.15. The monoisotopic (exact) mass is 469 g/mol. The lowest BCUT2D eigenvalue weighted by molar-refractivity contribution is -0.114. The topological polar surface area (TPSA) is 128 Å². The summed E-state index contributed by atoms with van der Waals surface area (Å²) in [5, 5.41) is 22.3. The number of carbonyl (C=O) groups is 2. The van der Waals surface area contributed by atoms with Crippen molar-refractivity contribution in [2.24, 2.45) is 0 Å². The molecule has 0 unspecified atom stereocenters. The van der Waals surface area contributed by atoms with Gasteiger partial charge in [0, 0.05) is 23.3 Å². The lowest BCUT2D eigenvalue weighted by Gasteiger charge is -2.09. The summed E-state index contributed by atoms with van der Waals surface area (Å²) in [6, 6.07) is 16.2. The molecule has 0 aliphatic carbocycles. The molecule has 0 saturated heterocycles. The van der Waals surface area contributed by atoms with Gasteiger partial charge in [-0.1, -0.05) is 47.6 Å². The summed E-state index contributed by atoms with van der Waals surface area (Å²) in [5.41, 5.74) is 1.55. The highest BCUT2D eigenvalue weighted by atomic mass is 35.5. The molecule has 0 saturated carbocycles. The second-order valence-corrected chi connectivity index (χ2v) is 7.85. The molecular formula is C20H16ClN7O3S. The number of nitrogens with one attached hydrogen (secondary N) is 2. The average molecular weight is 470 g/mol. The van der Waals surface area contributed by atoms with Crippen molar-refractivity contribution in [3.63, 3.8) is 0 Å². The molecule has 0 fully saturated rings. The van der Waals surface area contributed by atoms with Crippen molar-refractivity contribution in [1.82, 2.24) is 25.1 Å². The lowest BCUT2D eigenvalue weighted by atomic mass is 10.3. The Balaban J connectivity index is 1.61. The molecule has 162 valence electrons. The van der Waals surface area contributed by atoms with E-state index in [1.807, 2.05) is 30.3 Å². The summed E-state index contributed by atoms with van der Waals surface area (Å²) in [4.78, 5) is 23.9. The number of rotatable bonds is 7. The van der Waals surface area contributed by atoms with Crippen LogP contribution in [0.1, 0.15) is 6.92 Å². The minimum Gasteiger partial charge on any atom is -0.325 e. The number of para-hydroxylation sites is 1. The van der Waals surface area contributed by atoms with Gasteiger partial charge in [-0.15, -0.1) is 10.2 Å². The van der Waals surface area contributed by atoms with Gasteiger partial charge in [0.05, 0.1) is 5.75 Å². The van der Waals surface area contributed by atoms with Crippen LogP contribution in [0.25, 0.3) is 17.2 Å². The van der Waals surface area contributed by atoms with Gasteiger partial charge in [-0.2, -0.15) is 0 Å². The fourth-order valence-electron chi connectivity index (χ4n) is 2.80. The first kappa shape index (κ1) is 21.5. The van der Waals surface area contributed by atoms with Crippen LogP contribution in [-0.2, 0) is 9.59 Å². The van der Waals surface area contributed by atoms with E-state index in [0.29, 0.717) is 21.7 Å². The molecule has 4 aromatic rings. The standard InChI is InChI=1S/C20H16ClN7O3S/c1-12(29)22-18-17(26-31-27-18)19-24-25-20(28(19)15-8-3-2-4-9-15)32-11-16(30)23-14-7-5-6-13(21)10-14/h2-10H,11H2,1H3,(H,23,30)(H,22,27,29). The highest BCUT2D eigenvalue weighted by Crippen LogP contribution is 2.30. The molecule has 2 aromatic heterocycles. The molecule has 2 N–H and O–H groups in total. The number of halogens is 1. The first-order chi connectivity index (χ1) is 15.5. The lowest BCUT2D eigenvalue weighted by Crippen LogP contribution is -2.14. The largest absolute Gasteiger partial charge is 0.325 e. The van der Waals surface area contributed by atoms with Crippen molar-refractivity contribution >= 4 is 46.7 Å². The van der Waals surface area contributed by atoms with Crippen LogP contribution < -0.4 is 10.6 Å². The molecule has 12 heteroatoms. The summed E-state index contributed by atoms with van der Waals surface area (Å²) in [6.07, 6.45) is 0. The zero-order valence-corrected chi connectivity index (χ0v) is 18.2. The number of aromatic nitrogens is 5. The van der Waals surface area contributed by atoms with Gasteiger partial charge in [-0.25, -0.2) is 4.63 Å². The molecule has 2 aromatic carbocycles. The number of nitrogens with zero attached hydrogens (tertiary/aromatic N) is 5. The number of carbonyl (C=O) groups excluding carboxylic acids is 2. The first-order valence-corrected chi connectivity index (χ1v) is 10.7. The third-order valence-electron chi connectivity index (χ3n) is 4.08. The van der Waals surface area contributed by atoms with E-state index in [1.165, 1.54) is 18.7 Å². The molecule has 2 amide bonds. The maximum atomic E-state index is 12.4. The highest BCUT2D eigenvalue weighted by molar-refractivity contribution is 7.99. The van der Waals surface area contributed by atoms with Crippen molar-refractivity contribution in [2.75, 3.05) is 16.4 Å². The van der Waals surface area contributed by atoms with Crippen LogP contribution in [0, 0.1) is 0 Å². The Morgan fingerprint density at radius 3 is 2.62 bits per heavy atom. The van der Waals surface area contributed by atoms with E-state index in [4.69, 9.17) is 16.2 Å². The van der Waals surface area contributed by atoms with Crippen molar-refractivity contribution in [1.29, 1.82) is 0 Å². The Labute approximate surface area is 191 Å². The number of amides is 2. The number of hydrogen-bond donors (Lipinski definition) is 2. The number of anilines is 2. The van der Waals surface area contributed by atoms with Crippen LogP contribution in [-0.4, -0.2) is 42.6 Å². The van der Waals surface area contributed by atoms with Crippen LogP contribution >= 0.6 is 23.4 Å². The van der Waals surface area contributed by atoms with Gasteiger partial charge in [0.25, 0.3) is 0 Å². The van der Waals surface area contributed by atoms with Gasteiger partial charge >= 0.3 is 0 Å². The van der Waals surface area contributed by atoms with E-state index in [-0.39, 0.29) is 29.1 Å². The number of benzene rings is 2. The Bertz CT molecular complexity index is 1260. The SMILES string of the molecule is CC(=O)Nc1nonc1-c1nnc(SCC(=O)Nc2cccc(Cl)c2)n1-c1ccccc1. The Hall–Kier alpha value is -3.70. The fourth-order valence-corrected chi connectivity index (χ4v) is 3.75. The quantitative estimate of drug-likeness (QED) is 0.392. The zero-order chi connectivity index (χ0) is 22.5. The number of thioether (sulfide) groups is 1. The molecule has 32 heavy (non-hydrogen) atoms. The Kier molecular flexibility index (Phi) is 6.47. The molecule has 10 nitrogen and oxygen atoms in total. The van der Waals surface area contributed by atoms with Gasteiger partial charge in [-0.3, -0.25) is 14.2 Å². The zero-order valence-electron chi connectivity index (χ0n) is 16.7. The van der Waals surface area contributed by atoms with E-state index < -0.39 is 0 Å². The molecule has 0 radical (unpaired) electrons. The highest BCUT2D eigenvalue weighted by Gasteiger charge is 2.24. The van der Waals surface area contributed by atoms with Crippen molar-refractivity contribution in [2.45, 2.75) is 12.1 Å². The van der Waals surface area contributed by atoms with Crippen LogP contribution in [0.5, 0.6) is 0 Å². The normalized spacial score (nSPS) is 10.7. The van der Waals surface area contributed by atoms with Gasteiger partial charge in [-0.05, 0) is 40.6 Å². The van der Waals surface area contributed by atoms with Gasteiger partial charge in [0.1, 0.15) is 0 Å². The molecule has 0 spiro atoms. The summed E-state index contributed by atoms with van der Waals surface area (Å²) in [5.74, 6) is -0.0626. The van der Waals surface area contributed by atoms with Crippen LogP contribution in [0.3, 0.4) is 0 Å². The van der Waals surface area contributed by atoms with Gasteiger partial charge < -0.3 is 10.6 Å². The third kappa shape index (κ3) is 4.95. The minimum atomic E-state index is -0.333. The van der Waals surface area contributed by atoms with Gasteiger partial charge in [0.2, 0.25) is 17.6 Å². The first-order valence-electron chi connectivity index (χ1n) is 9.31. The molecule has 0 aliphatic heterocycles. The van der Waals surface area contributed by atoms with Crippen molar-refractivity contribution < 1.29 is 14.2 Å². The van der Waals surface area contributed by atoms with Crippen molar-refractivity contribution in [3.8, 4) is 17.2 Å². The van der Waals surface area contributed by atoms with E-state index in [1.54, 1.807) is 28.8 Å². The average Bonchev–Trinajstić information content (AvgIpc) is 3.39. The molecule has 0 aliphatic rings. The summed E-state index contributed by atoms with van der Waals surface area (Å²) < 4.78 is 6.51. The fraction of sp³-hybridized carbons (Fsp3) is 0.100. The molecule has 0 bridgehead atoms.